The predicted molar refractivity (Wildman–Crippen MR) is 88.9 cm³/mol. The minimum atomic E-state index is -0.501. The average molecular weight is 294 g/mol. The van der Waals surface area contributed by atoms with Crippen molar-refractivity contribution in [2.75, 3.05) is 0 Å². The number of aliphatic hydroxyl groups is 1. The fourth-order valence-corrected chi connectivity index (χ4v) is 4.21. The van der Waals surface area contributed by atoms with E-state index in [2.05, 4.69) is 42.5 Å². The normalized spacial score (nSPS) is 16.8. The van der Waals surface area contributed by atoms with Crippen LogP contribution in [0.25, 0.3) is 10.1 Å². The Hall–Kier alpha value is -1.64. The van der Waals surface area contributed by atoms with Crippen LogP contribution < -0.4 is 0 Å². The molecule has 3 aromatic rings. The van der Waals surface area contributed by atoms with Crippen molar-refractivity contribution in [2.45, 2.75) is 31.3 Å². The van der Waals surface area contributed by atoms with E-state index in [9.17, 15) is 5.11 Å². The van der Waals surface area contributed by atoms with Crippen molar-refractivity contribution in [3.8, 4) is 0 Å². The third kappa shape index (κ3) is 2.29. The molecule has 1 aliphatic carbocycles. The molecule has 0 spiro atoms. The average Bonchev–Trinajstić information content (AvgIpc) is 2.89. The second-order valence-corrected chi connectivity index (χ2v) is 6.96. The largest absolute Gasteiger partial charge is 0.383 e. The smallest absolute Gasteiger partial charge is 0.114 e. The summed E-state index contributed by atoms with van der Waals surface area (Å²) in [7, 11) is 0. The minimum Gasteiger partial charge on any atom is -0.383 e. The van der Waals surface area contributed by atoms with Gasteiger partial charge in [0, 0.05) is 9.58 Å². The van der Waals surface area contributed by atoms with Crippen LogP contribution >= 0.6 is 11.3 Å². The lowest BCUT2D eigenvalue weighted by Crippen LogP contribution is -2.13. The summed E-state index contributed by atoms with van der Waals surface area (Å²) in [5.41, 5.74) is 2.43. The van der Waals surface area contributed by atoms with Gasteiger partial charge < -0.3 is 5.11 Å². The zero-order valence-electron chi connectivity index (χ0n) is 11.8. The summed E-state index contributed by atoms with van der Waals surface area (Å²) < 4.78 is 1.24. The Kier molecular flexibility index (Phi) is 3.28. The van der Waals surface area contributed by atoms with Gasteiger partial charge in [0.15, 0.2) is 0 Å². The van der Waals surface area contributed by atoms with Crippen molar-refractivity contribution in [3.63, 3.8) is 0 Å². The second kappa shape index (κ2) is 5.28. The Balaban J connectivity index is 1.75. The molecule has 1 N–H and O–H groups in total. The van der Waals surface area contributed by atoms with E-state index in [1.54, 1.807) is 11.3 Å². The third-order valence-corrected chi connectivity index (χ3v) is 5.72. The van der Waals surface area contributed by atoms with E-state index in [1.807, 2.05) is 12.1 Å². The maximum Gasteiger partial charge on any atom is 0.114 e. The summed E-state index contributed by atoms with van der Waals surface area (Å²) in [5, 5.41) is 12.1. The summed E-state index contributed by atoms with van der Waals surface area (Å²) in [6.45, 7) is 0. The van der Waals surface area contributed by atoms with Crippen LogP contribution in [-0.2, 0) is 0 Å². The van der Waals surface area contributed by atoms with Crippen LogP contribution in [-0.4, -0.2) is 5.11 Å². The molecule has 4 rings (SSSR count). The highest BCUT2D eigenvalue weighted by Gasteiger charge is 2.25. The van der Waals surface area contributed by atoms with Gasteiger partial charge in [0.25, 0.3) is 0 Å². The maximum atomic E-state index is 10.9. The van der Waals surface area contributed by atoms with E-state index in [-0.39, 0.29) is 0 Å². The van der Waals surface area contributed by atoms with Crippen LogP contribution in [0.3, 0.4) is 0 Å². The molecule has 1 nitrogen and oxygen atoms in total. The first-order valence-corrected chi connectivity index (χ1v) is 8.40. The van der Waals surface area contributed by atoms with Gasteiger partial charge in [0.2, 0.25) is 0 Å². The summed E-state index contributed by atoms with van der Waals surface area (Å²) in [4.78, 5) is 1.04. The Labute approximate surface area is 128 Å². The SMILES string of the molecule is OC(c1cc2ccccc2s1)c1ccccc1C1CCC1. The van der Waals surface area contributed by atoms with Gasteiger partial charge in [-0.25, -0.2) is 0 Å². The van der Waals surface area contributed by atoms with E-state index in [1.165, 1.54) is 34.9 Å². The lowest BCUT2D eigenvalue weighted by Gasteiger charge is -2.29. The molecule has 0 radical (unpaired) electrons. The Bertz CT molecular complexity index is 737. The summed E-state index contributed by atoms with van der Waals surface area (Å²) in [6, 6.07) is 18.9. The Morgan fingerprint density at radius 1 is 1.00 bits per heavy atom. The van der Waals surface area contributed by atoms with E-state index >= 15 is 0 Å². The van der Waals surface area contributed by atoms with Crippen molar-refractivity contribution in [1.82, 2.24) is 0 Å². The zero-order valence-corrected chi connectivity index (χ0v) is 12.6. The number of hydrogen-bond acceptors (Lipinski definition) is 2. The van der Waals surface area contributed by atoms with Crippen molar-refractivity contribution in [2.24, 2.45) is 0 Å². The fraction of sp³-hybridized carbons (Fsp3) is 0.263. The summed E-state index contributed by atoms with van der Waals surface area (Å²) in [5.74, 6) is 0.644. The molecular weight excluding hydrogens is 276 g/mol. The minimum absolute atomic E-state index is 0.501. The lowest BCUT2D eigenvalue weighted by molar-refractivity contribution is 0.221. The van der Waals surface area contributed by atoms with E-state index in [0.29, 0.717) is 5.92 Å². The number of benzene rings is 2. The Morgan fingerprint density at radius 2 is 1.76 bits per heavy atom. The molecule has 1 saturated carbocycles. The number of thiophene rings is 1. The lowest BCUT2D eigenvalue weighted by atomic mass is 9.77. The number of fused-ring (bicyclic) bond motifs is 1. The van der Waals surface area contributed by atoms with Crippen LogP contribution in [0, 0.1) is 0 Å². The van der Waals surface area contributed by atoms with E-state index in [0.717, 1.165) is 10.4 Å². The molecule has 1 unspecified atom stereocenters. The Morgan fingerprint density at radius 3 is 2.52 bits per heavy atom. The standard InChI is InChI=1S/C19H18OS/c20-19(18-12-14-6-1-4-11-17(14)21-18)16-10-3-2-9-15(16)13-7-5-8-13/h1-4,6,9-13,19-20H,5,7-8H2. The van der Waals surface area contributed by atoms with Crippen LogP contribution in [0.4, 0.5) is 0 Å². The van der Waals surface area contributed by atoms with Gasteiger partial charge >= 0.3 is 0 Å². The number of hydrogen-bond donors (Lipinski definition) is 1. The predicted octanol–water partition coefficient (Wildman–Crippen LogP) is 5.25. The van der Waals surface area contributed by atoms with Gasteiger partial charge in [-0.2, -0.15) is 0 Å². The maximum absolute atomic E-state index is 10.9. The van der Waals surface area contributed by atoms with E-state index in [4.69, 9.17) is 0 Å². The van der Waals surface area contributed by atoms with Crippen LogP contribution in [0.2, 0.25) is 0 Å². The molecule has 1 aromatic heterocycles. The van der Waals surface area contributed by atoms with Crippen molar-refractivity contribution in [1.29, 1.82) is 0 Å². The third-order valence-electron chi connectivity index (χ3n) is 4.55. The molecule has 1 aliphatic rings. The quantitative estimate of drug-likeness (QED) is 0.699. The first kappa shape index (κ1) is 13.1. The summed E-state index contributed by atoms with van der Waals surface area (Å²) in [6.07, 6.45) is 3.34. The van der Waals surface area contributed by atoms with Crippen LogP contribution in [0.5, 0.6) is 0 Å². The fourth-order valence-electron chi connectivity index (χ4n) is 3.14. The first-order chi connectivity index (χ1) is 10.3. The molecular formula is C19H18OS. The topological polar surface area (TPSA) is 20.2 Å². The van der Waals surface area contributed by atoms with Gasteiger partial charge in [0.05, 0.1) is 0 Å². The molecule has 0 amide bonds. The monoisotopic (exact) mass is 294 g/mol. The van der Waals surface area contributed by atoms with Crippen molar-refractivity contribution >= 4 is 21.4 Å². The zero-order chi connectivity index (χ0) is 14.2. The highest BCUT2D eigenvalue weighted by molar-refractivity contribution is 7.19. The van der Waals surface area contributed by atoms with E-state index < -0.39 is 6.10 Å². The van der Waals surface area contributed by atoms with Gasteiger partial charge in [-0.15, -0.1) is 11.3 Å². The highest BCUT2D eigenvalue weighted by atomic mass is 32.1. The molecule has 1 atom stereocenters. The molecule has 0 aliphatic heterocycles. The molecule has 106 valence electrons. The number of aliphatic hydroxyl groups excluding tert-OH is 1. The van der Waals surface area contributed by atoms with Gasteiger partial charge in [0.1, 0.15) is 6.10 Å². The van der Waals surface area contributed by atoms with Crippen molar-refractivity contribution < 1.29 is 5.11 Å². The van der Waals surface area contributed by atoms with Gasteiger partial charge in [-0.1, -0.05) is 48.9 Å². The second-order valence-electron chi connectivity index (χ2n) is 5.85. The molecule has 21 heavy (non-hydrogen) atoms. The summed E-state index contributed by atoms with van der Waals surface area (Å²) >= 11 is 1.70. The van der Waals surface area contributed by atoms with Crippen molar-refractivity contribution in [3.05, 3.63) is 70.6 Å². The molecule has 1 fully saturated rings. The highest BCUT2D eigenvalue weighted by Crippen LogP contribution is 2.42. The van der Waals surface area contributed by atoms with Crippen LogP contribution in [0.15, 0.2) is 54.6 Å². The van der Waals surface area contributed by atoms with Gasteiger partial charge in [-0.05, 0) is 47.4 Å². The molecule has 2 aromatic carbocycles. The molecule has 0 saturated heterocycles. The first-order valence-electron chi connectivity index (χ1n) is 7.58. The molecule has 0 bridgehead atoms. The number of rotatable bonds is 3. The van der Waals surface area contributed by atoms with Gasteiger partial charge in [-0.3, -0.25) is 0 Å². The molecule has 2 heteroatoms. The molecule has 1 heterocycles. The van der Waals surface area contributed by atoms with Crippen LogP contribution in [0.1, 0.15) is 47.3 Å².